The third-order valence-corrected chi connectivity index (χ3v) is 3.06. The second-order valence-corrected chi connectivity index (χ2v) is 5.53. The molecule has 0 saturated heterocycles. The number of hydrogen-bond donors (Lipinski definition) is 1. The van der Waals surface area contributed by atoms with Crippen molar-refractivity contribution in [3.8, 4) is 6.07 Å². The lowest BCUT2D eigenvalue weighted by molar-refractivity contribution is -0.383. The number of nitrogens with zero attached hydrogens (tertiary/aromatic N) is 2. The van der Waals surface area contributed by atoms with E-state index in [1.165, 1.54) is 6.07 Å². The molecule has 1 N–H and O–H groups in total. The molecular weight excluding hydrogens is 266 g/mol. The molecule has 5 nitrogen and oxygen atoms in total. The summed E-state index contributed by atoms with van der Waals surface area (Å²) in [6, 6.07) is 6.64. The van der Waals surface area contributed by atoms with Crippen LogP contribution in [-0.2, 0) is 0 Å². The van der Waals surface area contributed by atoms with Crippen LogP contribution in [0.15, 0.2) is 18.2 Å². The molecule has 0 heterocycles. The average molecular weight is 282 g/mol. The minimum Gasteiger partial charge on any atom is -0.379 e. The predicted molar refractivity (Wildman–Crippen MR) is 75.2 cm³/mol. The van der Waals surface area contributed by atoms with Gasteiger partial charge in [-0.05, 0) is 24.0 Å². The molecule has 0 atom stereocenters. The Labute approximate surface area is 117 Å². The number of nitro benzene ring substituents is 1. The van der Waals surface area contributed by atoms with Crippen LogP contribution in [-0.4, -0.2) is 11.5 Å². The maximum absolute atomic E-state index is 10.9. The van der Waals surface area contributed by atoms with E-state index < -0.39 is 4.92 Å². The second-order valence-electron chi connectivity index (χ2n) is 5.09. The lowest BCUT2D eigenvalue weighted by Crippen LogP contribution is -2.23. The first-order valence-electron chi connectivity index (χ1n) is 5.90. The van der Waals surface area contributed by atoms with Gasteiger partial charge in [0.1, 0.15) is 5.69 Å². The SMILES string of the molecule is CC(C)(CCC#N)CNc1ccc(Cl)cc1[N+](=O)[O-]. The number of rotatable bonds is 6. The second kappa shape index (κ2) is 6.39. The molecule has 102 valence electrons. The summed E-state index contributed by atoms with van der Waals surface area (Å²) in [6.45, 7) is 4.58. The fourth-order valence-electron chi connectivity index (χ4n) is 1.62. The Morgan fingerprint density at radius 3 is 2.79 bits per heavy atom. The Kier molecular flexibility index (Phi) is 5.13. The van der Waals surface area contributed by atoms with Gasteiger partial charge in [-0.2, -0.15) is 5.26 Å². The van der Waals surface area contributed by atoms with Crippen molar-refractivity contribution >= 4 is 23.0 Å². The number of nitro groups is 1. The third-order valence-electron chi connectivity index (χ3n) is 2.83. The maximum Gasteiger partial charge on any atom is 0.293 e. The van der Waals surface area contributed by atoms with Crippen molar-refractivity contribution in [1.82, 2.24) is 0 Å². The molecule has 0 aliphatic heterocycles. The zero-order valence-corrected chi connectivity index (χ0v) is 11.7. The van der Waals surface area contributed by atoms with E-state index in [9.17, 15) is 10.1 Å². The van der Waals surface area contributed by atoms with Gasteiger partial charge in [-0.3, -0.25) is 10.1 Å². The standard InChI is InChI=1S/C13H16ClN3O2/c1-13(2,6-3-7-15)9-16-11-5-4-10(14)8-12(11)17(18)19/h4-5,8,16H,3,6,9H2,1-2H3. The summed E-state index contributed by atoms with van der Waals surface area (Å²) >= 11 is 5.75. The van der Waals surface area contributed by atoms with Gasteiger partial charge in [0.15, 0.2) is 0 Å². The Hall–Kier alpha value is -1.80. The summed E-state index contributed by atoms with van der Waals surface area (Å²) in [7, 11) is 0. The molecule has 0 aromatic heterocycles. The van der Waals surface area contributed by atoms with Crippen molar-refractivity contribution in [3.05, 3.63) is 33.3 Å². The smallest absolute Gasteiger partial charge is 0.293 e. The van der Waals surface area contributed by atoms with Crippen LogP contribution in [0.2, 0.25) is 5.02 Å². The molecule has 0 aliphatic rings. The van der Waals surface area contributed by atoms with Crippen molar-refractivity contribution < 1.29 is 4.92 Å². The highest BCUT2D eigenvalue weighted by atomic mass is 35.5. The number of benzene rings is 1. The van der Waals surface area contributed by atoms with Crippen molar-refractivity contribution in [2.45, 2.75) is 26.7 Å². The summed E-state index contributed by atoms with van der Waals surface area (Å²) in [5.74, 6) is 0. The lowest BCUT2D eigenvalue weighted by atomic mass is 9.88. The van der Waals surface area contributed by atoms with E-state index in [0.29, 0.717) is 23.7 Å². The molecule has 0 radical (unpaired) electrons. The molecule has 6 heteroatoms. The van der Waals surface area contributed by atoms with Crippen LogP contribution in [0.4, 0.5) is 11.4 Å². The summed E-state index contributed by atoms with van der Waals surface area (Å²) in [5, 5.41) is 22.9. The van der Waals surface area contributed by atoms with Gasteiger partial charge < -0.3 is 5.32 Å². The van der Waals surface area contributed by atoms with E-state index in [1.54, 1.807) is 12.1 Å². The monoisotopic (exact) mass is 281 g/mol. The van der Waals surface area contributed by atoms with Crippen LogP contribution >= 0.6 is 11.6 Å². The van der Waals surface area contributed by atoms with Crippen LogP contribution in [0.5, 0.6) is 0 Å². The summed E-state index contributed by atoms with van der Waals surface area (Å²) in [6.07, 6.45) is 1.20. The molecule has 1 aromatic rings. The first kappa shape index (κ1) is 15.3. The van der Waals surface area contributed by atoms with E-state index in [0.717, 1.165) is 6.42 Å². The topological polar surface area (TPSA) is 79.0 Å². The molecule has 19 heavy (non-hydrogen) atoms. The Morgan fingerprint density at radius 2 is 2.21 bits per heavy atom. The van der Waals surface area contributed by atoms with Gasteiger partial charge in [0.25, 0.3) is 5.69 Å². The highest BCUT2D eigenvalue weighted by Gasteiger charge is 2.20. The van der Waals surface area contributed by atoms with Gasteiger partial charge in [-0.25, -0.2) is 0 Å². The van der Waals surface area contributed by atoms with Crippen LogP contribution in [0.1, 0.15) is 26.7 Å². The zero-order chi connectivity index (χ0) is 14.5. The third kappa shape index (κ3) is 4.76. The molecule has 0 fully saturated rings. The van der Waals surface area contributed by atoms with Gasteiger partial charge in [0, 0.05) is 24.1 Å². The van der Waals surface area contributed by atoms with Crippen LogP contribution in [0.25, 0.3) is 0 Å². The van der Waals surface area contributed by atoms with Gasteiger partial charge in [-0.1, -0.05) is 25.4 Å². The quantitative estimate of drug-likeness (QED) is 0.631. The van der Waals surface area contributed by atoms with Crippen LogP contribution < -0.4 is 5.32 Å². The number of hydrogen-bond acceptors (Lipinski definition) is 4. The predicted octanol–water partition coefficient (Wildman–Crippen LogP) is 3.99. The number of nitriles is 1. The fourth-order valence-corrected chi connectivity index (χ4v) is 1.79. The molecule has 0 unspecified atom stereocenters. The van der Waals surface area contributed by atoms with Crippen molar-refractivity contribution in [2.75, 3.05) is 11.9 Å². The molecule has 1 aromatic carbocycles. The lowest BCUT2D eigenvalue weighted by Gasteiger charge is -2.24. The number of nitrogens with one attached hydrogen (secondary N) is 1. The van der Waals surface area contributed by atoms with E-state index >= 15 is 0 Å². The Morgan fingerprint density at radius 1 is 1.53 bits per heavy atom. The minimum atomic E-state index is -0.462. The normalized spacial score (nSPS) is 10.8. The van der Waals surface area contributed by atoms with E-state index in [2.05, 4.69) is 11.4 Å². The minimum absolute atomic E-state index is 0.0383. The molecule has 0 amide bonds. The summed E-state index contributed by atoms with van der Waals surface area (Å²) in [4.78, 5) is 10.5. The van der Waals surface area contributed by atoms with E-state index in [4.69, 9.17) is 16.9 Å². The zero-order valence-electron chi connectivity index (χ0n) is 10.9. The Balaban J connectivity index is 2.78. The molecule has 0 aliphatic carbocycles. The number of anilines is 1. The highest BCUT2D eigenvalue weighted by molar-refractivity contribution is 6.30. The van der Waals surface area contributed by atoms with Crippen molar-refractivity contribution in [3.63, 3.8) is 0 Å². The largest absolute Gasteiger partial charge is 0.379 e. The Bertz CT molecular complexity index is 509. The number of halogens is 1. The van der Waals surface area contributed by atoms with Gasteiger partial charge in [0.2, 0.25) is 0 Å². The van der Waals surface area contributed by atoms with Crippen molar-refractivity contribution in [1.29, 1.82) is 5.26 Å². The van der Waals surface area contributed by atoms with E-state index in [1.807, 2.05) is 13.8 Å². The van der Waals surface area contributed by atoms with Gasteiger partial charge in [0.05, 0.1) is 11.0 Å². The summed E-state index contributed by atoms with van der Waals surface area (Å²) < 4.78 is 0. The fraction of sp³-hybridized carbons (Fsp3) is 0.462. The van der Waals surface area contributed by atoms with Gasteiger partial charge >= 0.3 is 0 Å². The molecular formula is C13H16ClN3O2. The highest BCUT2D eigenvalue weighted by Crippen LogP contribution is 2.30. The first-order valence-corrected chi connectivity index (χ1v) is 6.28. The average Bonchev–Trinajstić information content (AvgIpc) is 2.35. The molecule has 0 saturated carbocycles. The van der Waals surface area contributed by atoms with Gasteiger partial charge in [-0.15, -0.1) is 0 Å². The first-order chi connectivity index (χ1) is 8.85. The summed E-state index contributed by atoms with van der Waals surface area (Å²) in [5.41, 5.74) is 0.298. The molecule has 0 spiro atoms. The molecule has 0 bridgehead atoms. The van der Waals surface area contributed by atoms with Crippen molar-refractivity contribution in [2.24, 2.45) is 5.41 Å². The molecule has 1 rings (SSSR count). The van der Waals surface area contributed by atoms with E-state index in [-0.39, 0.29) is 11.1 Å². The maximum atomic E-state index is 10.9. The van der Waals surface area contributed by atoms with Crippen LogP contribution in [0, 0.1) is 26.9 Å². The van der Waals surface area contributed by atoms with Crippen LogP contribution in [0.3, 0.4) is 0 Å².